The molecule has 1 rings (SSSR count). The maximum Gasteiger partial charge on any atom is 0.308 e. The van der Waals surface area contributed by atoms with Crippen molar-refractivity contribution in [2.24, 2.45) is 11.8 Å². The standard InChI is InChI=1S/C14H26O2.C2H6/c1-3-5-6-7-8-12-9-10-13(11-12)14(15)16-4-2;1-2/h12-13H,3-11H2,1-2H3;1-2H3. The Hall–Kier alpha value is -0.530. The van der Waals surface area contributed by atoms with Crippen LogP contribution in [0.15, 0.2) is 0 Å². The molecular weight excluding hydrogens is 224 g/mol. The van der Waals surface area contributed by atoms with Crippen LogP contribution >= 0.6 is 0 Å². The molecule has 18 heavy (non-hydrogen) atoms. The highest BCUT2D eigenvalue weighted by atomic mass is 16.5. The van der Waals surface area contributed by atoms with E-state index in [4.69, 9.17) is 4.74 Å². The van der Waals surface area contributed by atoms with Gasteiger partial charge in [0.25, 0.3) is 0 Å². The van der Waals surface area contributed by atoms with Gasteiger partial charge in [0.15, 0.2) is 0 Å². The average Bonchev–Trinajstić information content (AvgIpc) is 2.86. The molecule has 0 aromatic rings. The largest absolute Gasteiger partial charge is 0.466 e. The molecule has 0 aromatic carbocycles. The Kier molecular flexibility index (Phi) is 11.2. The fraction of sp³-hybridized carbons (Fsp3) is 0.938. The van der Waals surface area contributed by atoms with Crippen molar-refractivity contribution < 1.29 is 9.53 Å². The summed E-state index contributed by atoms with van der Waals surface area (Å²) in [7, 11) is 0. The van der Waals surface area contributed by atoms with Gasteiger partial charge < -0.3 is 4.74 Å². The van der Waals surface area contributed by atoms with Crippen molar-refractivity contribution in [3.63, 3.8) is 0 Å². The van der Waals surface area contributed by atoms with Crippen molar-refractivity contribution in [3.05, 3.63) is 0 Å². The summed E-state index contributed by atoms with van der Waals surface area (Å²) in [4.78, 5) is 11.5. The van der Waals surface area contributed by atoms with Gasteiger partial charge >= 0.3 is 5.97 Å². The zero-order valence-corrected chi connectivity index (χ0v) is 12.8. The van der Waals surface area contributed by atoms with Gasteiger partial charge in [-0.05, 0) is 32.1 Å². The van der Waals surface area contributed by atoms with Crippen molar-refractivity contribution in [3.8, 4) is 0 Å². The molecule has 0 aliphatic heterocycles. The van der Waals surface area contributed by atoms with Crippen LogP contribution in [0.2, 0.25) is 0 Å². The number of rotatable bonds is 7. The number of ether oxygens (including phenoxy) is 1. The molecule has 1 fully saturated rings. The molecule has 2 nitrogen and oxygen atoms in total. The van der Waals surface area contributed by atoms with Crippen LogP contribution in [0.25, 0.3) is 0 Å². The van der Waals surface area contributed by atoms with Gasteiger partial charge in [0.1, 0.15) is 0 Å². The van der Waals surface area contributed by atoms with Gasteiger partial charge in [-0.15, -0.1) is 0 Å². The first-order chi connectivity index (χ1) is 8.77. The lowest BCUT2D eigenvalue weighted by molar-refractivity contribution is -0.147. The van der Waals surface area contributed by atoms with E-state index in [0.717, 1.165) is 18.8 Å². The van der Waals surface area contributed by atoms with E-state index in [1.54, 1.807) is 0 Å². The predicted molar refractivity (Wildman–Crippen MR) is 77.6 cm³/mol. The van der Waals surface area contributed by atoms with Gasteiger partial charge in [-0.25, -0.2) is 0 Å². The summed E-state index contributed by atoms with van der Waals surface area (Å²) in [5, 5.41) is 0. The predicted octanol–water partition coefficient (Wildman–Crippen LogP) is 4.96. The van der Waals surface area contributed by atoms with E-state index < -0.39 is 0 Å². The van der Waals surface area contributed by atoms with E-state index in [1.165, 1.54) is 38.5 Å². The highest BCUT2D eigenvalue weighted by Gasteiger charge is 2.30. The Morgan fingerprint density at radius 2 is 1.83 bits per heavy atom. The van der Waals surface area contributed by atoms with Crippen LogP contribution in [0.1, 0.15) is 79.1 Å². The molecule has 1 aliphatic rings. The van der Waals surface area contributed by atoms with Crippen LogP contribution < -0.4 is 0 Å². The lowest BCUT2D eigenvalue weighted by Crippen LogP contribution is -2.14. The Morgan fingerprint density at radius 3 is 2.44 bits per heavy atom. The normalized spacial score (nSPS) is 22.2. The van der Waals surface area contributed by atoms with Crippen LogP contribution in [-0.2, 0) is 9.53 Å². The quantitative estimate of drug-likeness (QED) is 0.475. The molecule has 0 aromatic heterocycles. The van der Waals surface area contributed by atoms with Gasteiger partial charge in [0.2, 0.25) is 0 Å². The number of carbonyl (C=O) groups excluding carboxylic acids is 1. The van der Waals surface area contributed by atoms with E-state index in [0.29, 0.717) is 6.61 Å². The van der Waals surface area contributed by atoms with E-state index >= 15 is 0 Å². The first-order valence-corrected chi connectivity index (χ1v) is 7.94. The number of hydrogen-bond donors (Lipinski definition) is 0. The third kappa shape index (κ3) is 7.03. The summed E-state index contributed by atoms with van der Waals surface area (Å²) in [5.74, 6) is 1.03. The Labute approximate surface area is 113 Å². The van der Waals surface area contributed by atoms with Gasteiger partial charge in [0, 0.05) is 0 Å². The fourth-order valence-corrected chi connectivity index (χ4v) is 2.67. The molecule has 0 saturated heterocycles. The molecule has 0 spiro atoms. The topological polar surface area (TPSA) is 26.3 Å². The zero-order valence-electron chi connectivity index (χ0n) is 12.8. The van der Waals surface area contributed by atoms with E-state index in [9.17, 15) is 4.79 Å². The van der Waals surface area contributed by atoms with Crippen molar-refractivity contribution in [2.45, 2.75) is 79.1 Å². The summed E-state index contributed by atoms with van der Waals surface area (Å²) in [6.45, 7) is 8.65. The average molecular weight is 256 g/mol. The molecule has 1 aliphatic carbocycles. The van der Waals surface area contributed by atoms with E-state index in [2.05, 4.69) is 6.92 Å². The van der Waals surface area contributed by atoms with Crippen LogP contribution in [0.5, 0.6) is 0 Å². The lowest BCUT2D eigenvalue weighted by atomic mass is 9.98. The van der Waals surface area contributed by atoms with Crippen molar-refractivity contribution in [1.82, 2.24) is 0 Å². The lowest BCUT2D eigenvalue weighted by Gasteiger charge is -2.10. The summed E-state index contributed by atoms with van der Waals surface area (Å²) in [6, 6.07) is 0. The van der Waals surface area contributed by atoms with Crippen LogP contribution in [0.4, 0.5) is 0 Å². The van der Waals surface area contributed by atoms with E-state index in [1.807, 2.05) is 20.8 Å². The minimum atomic E-state index is 0.0403. The number of hydrogen-bond acceptors (Lipinski definition) is 2. The molecule has 0 bridgehead atoms. The third-order valence-electron chi connectivity index (χ3n) is 3.63. The van der Waals surface area contributed by atoms with Crippen LogP contribution in [-0.4, -0.2) is 12.6 Å². The SMILES string of the molecule is CC.CCCCCCC1CCC(C(=O)OCC)C1. The number of esters is 1. The molecule has 0 radical (unpaired) electrons. The smallest absolute Gasteiger partial charge is 0.308 e. The van der Waals surface area contributed by atoms with E-state index in [-0.39, 0.29) is 11.9 Å². The number of carbonyl (C=O) groups is 1. The summed E-state index contributed by atoms with van der Waals surface area (Å²) >= 11 is 0. The Bertz CT molecular complexity index is 201. The second-order valence-electron chi connectivity index (χ2n) is 4.98. The second-order valence-corrected chi connectivity index (χ2v) is 4.98. The zero-order chi connectivity index (χ0) is 13.8. The highest BCUT2D eigenvalue weighted by molar-refractivity contribution is 5.72. The summed E-state index contributed by atoms with van der Waals surface area (Å²) < 4.78 is 5.08. The molecule has 0 heterocycles. The molecular formula is C16H32O2. The van der Waals surface area contributed by atoms with Gasteiger partial charge in [-0.3, -0.25) is 4.79 Å². The Morgan fingerprint density at radius 1 is 1.11 bits per heavy atom. The van der Waals surface area contributed by atoms with Gasteiger partial charge in [-0.2, -0.15) is 0 Å². The van der Waals surface area contributed by atoms with Crippen LogP contribution in [0, 0.1) is 11.8 Å². The van der Waals surface area contributed by atoms with Crippen molar-refractivity contribution >= 4 is 5.97 Å². The summed E-state index contributed by atoms with van der Waals surface area (Å²) in [5.41, 5.74) is 0. The van der Waals surface area contributed by atoms with Gasteiger partial charge in [-0.1, -0.05) is 52.9 Å². The van der Waals surface area contributed by atoms with Crippen molar-refractivity contribution in [2.75, 3.05) is 6.61 Å². The molecule has 2 atom stereocenters. The first-order valence-electron chi connectivity index (χ1n) is 7.94. The monoisotopic (exact) mass is 256 g/mol. The first kappa shape index (κ1) is 17.5. The molecule has 1 saturated carbocycles. The highest BCUT2D eigenvalue weighted by Crippen LogP contribution is 2.34. The maximum absolute atomic E-state index is 11.5. The molecule has 108 valence electrons. The second kappa shape index (κ2) is 11.6. The third-order valence-corrected chi connectivity index (χ3v) is 3.63. The number of unbranched alkanes of at least 4 members (excludes halogenated alkanes) is 3. The van der Waals surface area contributed by atoms with Crippen LogP contribution in [0.3, 0.4) is 0 Å². The maximum atomic E-state index is 11.5. The fourth-order valence-electron chi connectivity index (χ4n) is 2.67. The molecule has 0 N–H and O–H groups in total. The van der Waals surface area contributed by atoms with Gasteiger partial charge in [0.05, 0.1) is 12.5 Å². The van der Waals surface area contributed by atoms with Crippen molar-refractivity contribution in [1.29, 1.82) is 0 Å². The Balaban J connectivity index is 0.00000137. The minimum Gasteiger partial charge on any atom is -0.466 e. The molecule has 2 heteroatoms. The molecule has 2 unspecified atom stereocenters. The summed E-state index contributed by atoms with van der Waals surface area (Å²) in [6.07, 6.45) is 10.0. The molecule has 0 amide bonds. The minimum absolute atomic E-state index is 0.0403.